The maximum Gasteiger partial charge on any atom is 0.274 e. The summed E-state index contributed by atoms with van der Waals surface area (Å²) in [5.41, 5.74) is 2.30. The number of hydrogen-bond acceptors (Lipinski definition) is 3. The summed E-state index contributed by atoms with van der Waals surface area (Å²) in [5.74, 6) is -0.703. The molecule has 130 valence electrons. The number of aromatic nitrogens is 1. The molecule has 0 bridgehead atoms. The second kappa shape index (κ2) is 7.75. The Morgan fingerprint density at radius 1 is 1.04 bits per heavy atom. The summed E-state index contributed by atoms with van der Waals surface area (Å²) in [6, 6.07) is 12.5. The predicted molar refractivity (Wildman–Crippen MR) is 99.9 cm³/mol. The molecule has 0 aliphatic carbocycles. The standard InChI is InChI=1S/C20H23N3O2/c1-5-13-21-18(24)16-7-6-8-17(23-16)19(25)22-15-11-9-14(10-12-15)20(2,3)4/h5-12H,1,13H2,2-4H3,(H,21,24)(H,22,25). The van der Waals surface area contributed by atoms with E-state index in [4.69, 9.17) is 0 Å². The Kier molecular flexibility index (Phi) is 5.70. The van der Waals surface area contributed by atoms with Crippen LogP contribution in [0.3, 0.4) is 0 Å². The fraction of sp³-hybridized carbons (Fsp3) is 0.250. The molecule has 0 spiro atoms. The van der Waals surface area contributed by atoms with Gasteiger partial charge in [-0.05, 0) is 35.2 Å². The first-order valence-corrected chi connectivity index (χ1v) is 8.09. The number of nitrogens with one attached hydrogen (secondary N) is 2. The second-order valence-electron chi connectivity index (χ2n) is 6.69. The number of benzene rings is 1. The van der Waals surface area contributed by atoms with Crippen molar-refractivity contribution in [3.05, 3.63) is 72.1 Å². The molecule has 5 heteroatoms. The molecule has 5 nitrogen and oxygen atoms in total. The predicted octanol–water partition coefficient (Wildman–Crippen LogP) is 3.55. The minimum atomic E-state index is -0.359. The molecule has 2 aromatic rings. The minimum absolute atomic E-state index is 0.0528. The quantitative estimate of drug-likeness (QED) is 0.820. The van der Waals surface area contributed by atoms with Gasteiger partial charge in [0.05, 0.1) is 0 Å². The van der Waals surface area contributed by atoms with Gasteiger partial charge in [-0.3, -0.25) is 9.59 Å². The van der Waals surface area contributed by atoms with E-state index in [1.165, 1.54) is 5.56 Å². The van der Waals surface area contributed by atoms with Crippen molar-refractivity contribution in [1.82, 2.24) is 10.3 Å². The summed E-state index contributed by atoms with van der Waals surface area (Å²) in [4.78, 5) is 28.4. The first kappa shape index (κ1) is 18.4. The zero-order chi connectivity index (χ0) is 18.4. The lowest BCUT2D eigenvalue weighted by atomic mass is 9.87. The normalized spacial score (nSPS) is 10.8. The number of rotatable bonds is 5. The van der Waals surface area contributed by atoms with Crippen molar-refractivity contribution in [3.8, 4) is 0 Å². The lowest BCUT2D eigenvalue weighted by Crippen LogP contribution is -2.25. The van der Waals surface area contributed by atoms with Crippen LogP contribution in [-0.2, 0) is 5.41 Å². The van der Waals surface area contributed by atoms with Gasteiger partial charge >= 0.3 is 0 Å². The third-order valence-corrected chi connectivity index (χ3v) is 3.63. The van der Waals surface area contributed by atoms with E-state index in [0.717, 1.165) is 0 Å². The molecule has 0 atom stereocenters. The Hall–Kier alpha value is -2.95. The average Bonchev–Trinajstić information content (AvgIpc) is 2.59. The van der Waals surface area contributed by atoms with Crippen LogP contribution in [0.1, 0.15) is 47.3 Å². The zero-order valence-corrected chi connectivity index (χ0v) is 14.8. The van der Waals surface area contributed by atoms with Crippen LogP contribution in [0.4, 0.5) is 5.69 Å². The molecule has 0 radical (unpaired) electrons. The van der Waals surface area contributed by atoms with Crippen molar-refractivity contribution in [1.29, 1.82) is 0 Å². The summed E-state index contributed by atoms with van der Waals surface area (Å²) >= 11 is 0. The number of carbonyl (C=O) groups is 2. The van der Waals surface area contributed by atoms with Crippen molar-refractivity contribution >= 4 is 17.5 Å². The Bertz CT molecular complexity index is 774. The average molecular weight is 337 g/mol. The highest BCUT2D eigenvalue weighted by molar-refractivity contribution is 6.03. The first-order chi connectivity index (χ1) is 11.8. The fourth-order valence-corrected chi connectivity index (χ4v) is 2.19. The van der Waals surface area contributed by atoms with Crippen LogP contribution in [-0.4, -0.2) is 23.3 Å². The highest BCUT2D eigenvalue weighted by Gasteiger charge is 2.15. The molecule has 1 aromatic heterocycles. The minimum Gasteiger partial charge on any atom is -0.347 e. The molecule has 25 heavy (non-hydrogen) atoms. The molecule has 0 aliphatic rings. The summed E-state index contributed by atoms with van der Waals surface area (Å²) in [5, 5.41) is 5.43. The van der Waals surface area contributed by atoms with E-state index in [1.54, 1.807) is 24.3 Å². The number of anilines is 1. The Morgan fingerprint density at radius 2 is 1.64 bits per heavy atom. The molecule has 0 aliphatic heterocycles. The molecule has 0 saturated carbocycles. The fourth-order valence-electron chi connectivity index (χ4n) is 2.19. The third-order valence-electron chi connectivity index (χ3n) is 3.63. The van der Waals surface area contributed by atoms with Gasteiger partial charge in [-0.25, -0.2) is 4.98 Å². The van der Waals surface area contributed by atoms with Gasteiger partial charge in [0.1, 0.15) is 11.4 Å². The van der Waals surface area contributed by atoms with Crippen LogP contribution in [0.15, 0.2) is 55.1 Å². The van der Waals surface area contributed by atoms with Crippen molar-refractivity contribution in [2.75, 3.05) is 11.9 Å². The number of nitrogens with zero attached hydrogens (tertiary/aromatic N) is 1. The van der Waals surface area contributed by atoms with Gasteiger partial charge < -0.3 is 10.6 Å². The van der Waals surface area contributed by atoms with E-state index >= 15 is 0 Å². The largest absolute Gasteiger partial charge is 0.347 e. The monoisotopic (exact) mass is 337 g/mol. The van der Waals surface area contributed by atoms with E-state index < -0.39 is 0 Å². The highest BCUT2D eigenvalue weighted by atomic mass is 16.2. The number of hydrogen-bond donors (Lipinski definition) is 2. The lowest BCUT2D eigenvalue weighted by Gasteiger charge is -2.19. The molecule has 2 amide bonds. The maximum absolute atomic E-state index is 12.4. The van der Waals surface area contributed by atoms with Crippen LogP contribution in [0.2, 0.25) is 0 Å². The van der Waals surface area contributed by atoms with Gasteiger partial charge in [0.25, 0.3) is 11.8 Å². The van der Waals surface area contributed by atoms with Crippen LogP contribution in [0.5, 0.6) is 0 Å². The van der Waals surface area contributed by atoms with Gasteiger partial charge in [0.2, 0.25) is 0 Å². The summed E-state index contributed by atoms with van der Waals surface area (Å²) < 4.78 is 0. The summed E-state index contributed by atoms with van der Waals surface area (Å²) in [7, 11) is 0. The van der Waals surface area contributed by atoms with E-state index in [9.17, 15) is 9.59 Å². The maximum atomic E-state index is 12.4. The molecule has 1 heterocycles. The number of pyridine rings is 1. The topological polar surface area (TPSA) is 71.1 Å². The number of amides is 2. The number of carbonyl (C=O) groups excluding carboxylic acids is 2. The Balaban J connectivity index is 2.10. The molecule has 2 N–H and O–H groups in total. The van der Waals surface area contributed by atoms with Crippen molar-refractivity contribution in [2.24, 2.45) is 0 Å². The first-order valence-electron chi connectivity index (χ1n) is 8.09. The van der Waals surface area contributed by atoms with Gasteiger partial charge in [-0.2, -0.15) is 0 Å². The smallest absolute Gasteiger partial charge is 0.274 e. The van der Waals surface area contributed by atoms with Gasteiger partial charge in [0.15, 0.2) is 0 Å². The Morgan fingerprint density at radius 3 is 2.20 bits per heavy atom. The van der Waals surface area contributed by atoms with E-state index in [1.807, 2.05) is 24.3 Å². The van der Waals surface area contributed by atoms with E-state index in [2.05, 4.69) is 43.0 Å². The molecule has 1 aromatic carbocycles. The SMILES string of the molecule is C=CCNC(=O)c1cccc(C(=O)Nc2ccc(C(C)(C)C)cc2)n1. The molecule has 0 unspecified atom stereocenters. The van der Waals surface area contributed by atoms with E-state index in [-0.39, 0.29) is 28.6 Å². The molecule has 2 rings (SSSR count). The van der Waals surface area contributed by atoms with Gasteiger partial charge in [0, 0.05) is 12.2 Å². The van der Waals surface area contributed by atoms with Gasteiger partial charge in [-0.15, -0.1) is 6.58 Å². The van der Waals surface area contributed by atoms with Crippen LogP contribution in [0, 0.1) is 0 Å². The lowest BCUT2D eigenvalue weighted by molar-refractivity contribution is 0.0953. The molecule has 0 saturated heterocycles. The Labute approximate surface area is 148 Å². The summed E-state index contributed by atoms with van der Waals surface area (Å²) in [6.45, 7) is 10.3. The second-order valence-corrected chi connectivity index (χ2v) is 6.69. The third kappa shape index (κ3) is 5.01. The molecular weight excluding hydrogens is 314 g/mol. The van der Waals surface area contributed by atoms with Crippen LogP contribution < -0.4 is 10.6 Å². The van der Waals surface area contributed by atoms with Crippen molar-refractivity contribution in [2.45, 2.75) is 26.2 Å². The van der Waals surface area contributed by atoms with Crippen LogP contribution >= 0.6 is 0 Å². The van der Waals surface area contributed by atoms with Crippen molar-refractivity contribution < 1.29 is 9.59 Å². The van der Waals surface area contributed by atoms with E-state index in [0.29, 0.717) is 12.2 Å². The highest BCUT2D eigenvalue weighted by Crippen LogP contribution is 2.23. The van der Waals surface area contributed by atoms with Crippen molar-refractivity contribution in [3.63, 3.8) is 0 Å². The van der Waals surface area contributed by atoms with Gasteiger partial charge in [-0.1, -0.05) is 45.0 Å². The molecule has 0 fully saturated rings. The molecular formula is C20H23N3O2. The summed E-state index contributed by atoms with van der Waals surface area (Å²) in [6.07, 6.45) is 1.58. The van der Waals surface area contributed by atoms with Crippen LogP contribution in [0.25, 0.3) is 0 Å². The zero-order valence-electron chi connectivity index (χ0n) is 14.8.